The number of nitrogens with zero attached hydrogens (tertiary/aromatic N) is 2. The molecule has 2 aromatic heterocycles. The number of para-hydroxylation sites is 1. The van der Waals surface area contributed by atoms with Crippen molar-refractivity contribution in [2.45, 2.75) is 6.92 Å². The third-order valence-electron chi connectivity index (χ3n) is 2.37. The molecule has 0 bridgehead atoms. The molecule has 3 nitrogen and oxygen atoms in total. The first-order chi connectivity index (χ1) is 6.86. The zero-order valence-electron chi connectivity index (χ0n) is 7.69. The molecule has 0 radical (unpaired) electrons. The molecule has 3 heteroatoms. The van der Waals surface area contributed by atoms with Gasteiger partial charge in [0.2, 0.25) is 0 Å². The van der Waals surface area contributed by atoms with E-state index in [2.05, 4.69) is 10.2 Å². The Bertz CT molecular complexity index is 613. The molecule has 0 fully saturated rings. The molecule has 0 aliphatic carbocycles. The first-order valence-electron chi connectivity index (χ1n) is 4.46. The maximum Gasteiger partial charge on any atom is 0.157 e. The summed E-state index contributed by atoms with van der Waals surface area (Å²) in [5.74, 6) is 0. The highest BCUT2D eigenvalue weighted by molar-refractivity contribution is 6.05. The van der Waals surface area contributed by atoms with E-state index in [1.165, 1.54) is 0 Å². The first kappa shape index (κ1) is 7.50. The summed E-state index contributed by atoms with van der Waals surface area (Å²) in [7, 11) is 0. The highest BCUT2D eigenvalue weighted by Crippen LogP contribution is 2.28. The van der Waals surface area contributed by atoms with Crippen LogP contribution >= 0.6 is 0 Å². The Kier molecular flexibility index (Phi) is 1.36. The summed E-state index contributed by atoms with van der Waals surface area (Å²) >= 11 is 0. The number of furan rings is 1. The van der Waals surface area contributed by atoms with Crippen LogP contribution in [0.25, 0.3) is 21.9 Å². The van der Waals surface area contributed by atoms with Gasteiger partial charge in [0.05, 0.1) is 17.3 Å². The van der Waals surface area contributed by atoms with Crippen LogP contribution in [0.1, 0.15) is 5.69 Å². The van der Waals surface area contributed by atoms with Gasteiger partial charge in [-0.15, -0.1) is 0 Å². The summed E-state index contributed by atoms with van der Waals surface area (Å²) in [4.78, 5) is 0. The number of aryl methyl sites for hydroxylation is 1. The van der Waals surface area contributed by atoms with Crippen LogP contribution in [0.5, 0.6) is 0 Å². The Morgan fingerprint density at radius 1 is 1.14 bits per heavy atom. The Balaban J connectivity index is 2.65. The van der Waals surface area contributed by atoms with Gasteiger partial charge >= 0.3 is 0 Å². The molecule has 3 rings (SSSR count). The van der Waals surface area contributed by atoms with E-state index in [9.17, 15) is 0 Å². The number of benzene rings is 1. The van der Waals surface area contributed by atoms with E-state index in [-0.39, 0.29) is 0 Å². The van der Waals surface area contributed by atoms with Crippen LogP contribution in [0.3, 0.4) is 0 Å². The van der Waals surface area contributed by atoms with Gasteiger partial charge in [-0.2, -0.15) is 10.2 Å². The predicted molar refractivity (Wildman–Crippen MR) is 54.0 cm³/mol. The van der Waals surface area contributed by atoms with Gasteiger partial charge in [0.1, 0.15) is 5.58 Å². The molecule has 0 atom stereocenters. The number of fused-ring (bicyclic) bond motifs is 3. The molecule has 3 aromatic rings. The van der Waals surface area contributed by atoms with Gasteiger partial charge in [0.25, 0.3) is 0 Å². The topological polar surface area (TPSA) is 38.9 Å². The SMILES string of the molecule is Cc1nncc2oc3ccccc3c12. The normalized spacial score (nSPS) is 11.2. The largest absolute Gasteiger partial charge is 0.454 e. The van der Waals surface area contributed by atoms with Gasteiger partial charge in [-0.25, -0.2) is 0 Å². The van der Waals surface area contributed by atoms with Crippen molar-refractivity contribution >= 4 is 21.9 Å². The van der Waals surface area contributed by atoms with E-state index in [0.29, 0.717) is 0 Å². The molecular formula is C11H8N2O. The summed E-state index contributed by atoms with van der Waals surface area (Å²) in [6, 6.07) is 7.95. The average Bonchev–Trinajstić information content (AvgIpc) is 2.57. The van der Waals surface area contributed by atoms with E-state index in [1.807, 2.05) is 31.2 Å². The van der Waals surface area contributed by atoms with Crippen molar-refractivity contribution < 1.29 is 4.42 Å². The molecule has 0 aliphatic heterocycles. The zero-order valence-corrected chi connectivity index (χ0v) is 7.69. The molecular weight excluding hydrogens is 176 g/mol. The van der Waals surface area contributed by atoms with Gasteiger partial charge in [-0.1, -0.05) is 18.2 Å². The fraction of sp³-hybridized carbons (Fsp3) is 0.0909. The number of aromatic nitrogens is 2. The van der Waals surface area contributed by atoms with Crippen LogP contribution in [0, 0.1) is 6.92 Å². The summed E-state index contributed by atoms with van der Waals surface area (Å²) in [5, 5.41) is 10.1. The number of hydrogen-bond donors (Lipinski definition) is 0. The van der Waals surface area contributed by atoms with Crippen LogP contribution in [-0.4, -0.2) is 10.2 Å². The maximum absolute atomic E-state index is 5.63. The van der Waals surface area contributed by atoms with Crippen molar-refractivity contribution in [1.82, 2.24) is 10.2 Å². The van der Waals surface area contributed by atoms with Gasteiger partial charge in [-0.3, -0.25) is 0 Å². The molecule has 0 spiro atoms. The van der Waals surface area contributed by atoms with Crippen molar-refractivity contribution in [2.75, 3.05) is 0 Å². The van der Waals surface area contributed by atoms with Crippen LogP contribution in [0.4, 0.5) is 0 Å². The summed E-state index contributed by atoms with van der Waals surface area (Å²) < 4.78 is 5.63. The van der Waals surface area contributed by atoms with Crippen molar-refractivity contribution in [2.24, 2.45) is 0 Å². The maximum atomic E-state index is 5.63. The quantitative estimate of drug-likeness (QED) is 0.539. The number of rotatable bonds is 0. The lowest BCUT2D eigenvalue weighted by Gasteiger charge is -1.91. The van der Waals surface area contributed by atoms with Crippen LogP contribution in [0.15, 0.2) is 34.9 Å². The molecule has 0 saturated carbocycles. The third-order valence-corrected chi connectivity index (χ3v) is 2.37. The van der Waals surface area contributed by atoms with E-state index in [1.54, 1.807) is 6.20 Å². The molecule has 14 heavy (non-hydrogen) atoms. The molecule has 0 saturated heterocycles. The average molecular weight is 184 g/mol. The van der Waals surface area contributed by atoms with Gasteiger partial charge in [-0.05, 0) is 13.0 Å². The van der Waals surface area contributed by atoms with Crippen molar-refractivity contribution in [3.05, 3.63) is 36.2 Å². The molecule has 0 unspecified atom stereocenters. The van der Waals surface area contributed by atoms with Crippen molar-refractivity contribution in [1.29, 1.82) is 0 Å². The van der Waals surface area contributed by atoms with Gasteiger partial charge in [0, 0.05) is 5.39 Å². The van der Waals surface area contributed by atoms with E-state index in [0.717, 1.165) is 27.6 Å². The lowest BCUT2D eigenvalue weighted by atomic mass is 10.1. The second-order valence-electron chi connectivity index (χ2n) is 3.27. The minimum Gasteiger partial charge on any atom is -0.454 e. The number of hydrogen-bond acceptors (Lipinski definition) is 3. The standard InChI is InChI=1S/C11H8N2O/c1-7-11-8-4-2-3-5-9(8)14-10(11)6-12-13-7/h2-6H,1H3. The fourth-order valence-electron chi connectivity index (χ4n) is 1.75. The van der Waals surface area contributed by atoms with Crippen LogP contribution in [0.2, 0.25) is 0 Å². The van der Waals surface area contributed by atoms with Gasteiger partial charge in [0.15, 0.2) is 5.58 Å². The van der Waals surface area contributed by atoms with E-state index >= 15 is 0 Å². The molecule has 0 aliphatic rings. The Hall–Kier alpha value is -1.90. The van der Waals surface area contributed by atoms with Crippen molar-refractivity contribution in [3.8, 4) is 0 Å². The lowest BCUT2D eigenvalue weighted by Crippen LogP contribution is -1.84. The molecule has 1 aromatic carbocycles. The summed E-state index contributed by atoms with van der Waals surface area (Å²) in [6.45, 7) is 1.94. The minimum absolute atomic E-state index is 0.804. The highest BCUT2D eigenvalue weighted by Gasteiger charge is 2.08. The fourth-order valence-corrected chi connectivity index (χ4v) is 1.75. The first-order valence-corrected chi connectivity index (χ1v) is 4.46. The van der Waals surface area contributed by atoms with Gasteiger partial charge < -0.3 is 4.42 Å². The molecule has 0 N–H and O–H groups in total. The van der Waals surface area contributed by atoms with Crippen LogP contribution in [-0.2, 0) is 0 Å². The monoisotopic (exact) mass is 184 g/mol. The highest BCUT2D eigenvalue weighted by atomic mass is 16.3. The molecule has 0 amide bonds. The van der Waals surface area contributed by atoms with E-state index in [4.69, 9.17) is 4.42 Å². The minimum atomic E-state index is 0.804. The Morgan fingerprint density at radius 2 is 2.00 bits per heavy atom. The lowest BCUT2D eigenvalue weighted by molar-refractivity contribution is 0.664. The summed E-state index contributed by atoms with van der Waals surface area (Å²) in [5.41, 5.74) is 2.60. The molecule has 68 valence electrons. The van der Waals surface area contributed by atoms with Crippen LogP contribution < -0.4 is 0 Å². The molecule has 2 heterocycles. The Labute approximate surface area is 80.4 Å². The smallest absolute Gasteiger partial charge is 0.157 e. The van der Waals surface area contributed by atoms with Crippen molar-refractivity contribution in [3.63, 3.8) is 0 Å². The summed E-state index contributed by atoms with van der Waals surface area (Å²) in [6.07, 6.45) is 1.66. The second-order valence-corrected chi connectivity index (χ2v) is 3.27. The van der Waals surface area contributed by atoms with E-state index < -0.39 is 0 Å². The third kappa shape index (κ3) is 0.865. The predicted octanol–water partition coefficient (Wildman–Crippen LogP) is 2.68. The second kappa shape index (κ2) is 2.54. The Morgan fingerprint density at radius 3 is 2.93 bits per heavy atom. The zero-order chi connectivity index (χ0) is 9.54.